The van der Waals surface area contributed by atoms with Crippen LogP contribution in [0.2, 0.25) is 0 Å². The number of carbonyl (C=O) groups excluding carboxylic acids is 1. The molecule has 0 saturated carbocycles. The number of thioether (sulfide) groups is 1. The Kier molecular flexibility index (Phi) is 6.10. The molecule has 0 unspecified atom stereocenters. The lowest BCUT2D eigenvalue weighted by molar-refractivity contribution is -0.385. The summed E-state index contributed by atoms with van der Waals surface area (Å²) in [5, 5.41) is 11.8. The molecule has 1 aliphatic rings. The van der Waals surface area contributed by atoms with Gasteiger partial charge in [-0.2, -0.15) is 0 Å². The summed E-state index contributed by atoms with van der Waals surface area (Å²) >= 11 is 1.27. The van der Waals surface area contributed by atoms with Crippen molar-refractivity contribution in [3.05, 3.63) is 69.1 Å². The van der Waals surface area contributed by atoms with Crippen molar-refractivity contribution < 1.29 is 14.5 Å². The summed E-state index contributed by atoms with van der Waals surface area (Å²) in [7, 11) is 1.38. The lowest BCUT2D eigenvalue weighted by Crippen LogP contribution is -2.29. The van der Waals surface area contributed by atoms with Crippen molar-refractivity contribution in [2.24, 2.45) is 4.99 Å². The van der Waals surface area contributed by atoms with Gasteiger partial charge in [0.15, 0.2) is 10.9 Å². The first kappa shape index (κ1) is 19.6. The Morgan fingerprint density at radius 2 is 2.00 bits per heavy atom. The van der Waals surface area contributed by atoms with Gasteiger partial charge >= 0.3 is 5.69 Å². The number of benzene rings is 2. The van der Waals surface area contributed by atoms with E-state index in [1.54, 1.807) is 17.0 Å². The van der Waals surface area contributed by atoms with Crippen LogP contribution in [0.4, 0.5) is 11.4 Å². The molecule has 0 bridgehead atoms. The predicted molar refractivity (Wildman–Crippen MR) is 111 cm³/mol. The van der Waals surface area contributed by atoms with Crippen molar-refractivity contribution in [3.63, 3.8) is 0 Å². The number of methoxy groups -OCH3 is 1. The van der Waals surface area contributed by atoms with E-state index < -0.39 is 4.92 Å². The first-order valence-electron chi connectivity index (χ1n) is 8.71. The van der Waals surface area contributed by atoms with Crippen LogP contribution < -0.4 is 4.74 Å². The quantitative estimate of drug-likeness (QED) is 0.403. The number of amidine groups is 1. The van der Waals surface area contributed by atoms with Gasteiger partial charge < -0.3 is 4.74 Å². The molecule has 144 valence electrons. The lowest BCUT2D eigenvalue weighted by Gasteiger charge is -2.13. The molecular formula is C20H19N3O4S. The SMILES string of the molecule is CCCN1C(=O)/C(=C\c2ccc(OC)c([N+](=O)[O-])c2)SC1=Nc1ccccc1. The fraction of sp³-hybridized carbons (Fsp3) is 0.200. The Hall–Kier alpha value is -3.13. The molecule has 28 heavy (non-hydrogen) atoms. The average Bonchev–Trinajstić information content (AvgIpc) is 2.98. The van der Waals surface area contributed by atoms with E-state index in [1.165, 1.54) is 31.0 Å². The van der Waals surface area contributed by atoms with Crippen molar-refractivity contribution >= 4 is 40.3 Å². The zero-order chi connectivity index (χ0) is 20.1. The molecule has 0 radical (unpaired) electrons. The number of nitro benzene ring substituents is 1. The summed E-state index contributed by atoms with van der Waals surface area (Å²) < 4.78 is 5.02. The van der Waals surface area contributed by atoms with E-state index in [-0.39, 0.29) is 17.3 Å². The highest BCUT2D eigenvalue weighted by Gasteiger charge is 2.33. The van der Waals surface area contributed by atoms with Crippen LogP contribution in [0.3, 0.4) is 0 Å². The third kappa shape index (κ3) is 4.23. The molecule has 1 fully saturated rings. The smallest absolute Gasteiger partial charge is 0.311 e. The molecule has 1 saturated heterocycles. The van der Waals surface area contributed by atoms with Crippen LogP contribution in [0.25, 0.3) is 6.08 Å². The number of hydrogen-bond acceptors (Lipinski definition) is 6. The Balaban J connectivity index is 1.96. The maximum atomic E-state index is 12.8. The Bertz CT molecular complexity index is 957. The Morgan fingerprint density at radius 3 is 2.64 bits per heavy atom. The normalized spacial score (nSPS) is 16.8. The molecule has 3 rings (SSSR count). The van der Waals surface area contributed by atoms with E-state index in [4.69, 9.17) is 4.74 Å². The molecule has 8 heteroatoms. The molecular weight excluding hydrogens is 378 g/mol. The van der Waals surface area contributed by atoms with E-state index in [9.17, 15) is 14.9 Å². The lowest BCUT2D eigenvalue weighted by atomic mass is 10.1. The summed E-state index contributed by atoms with van der Waals surface area (Å²) in [6, 6.07) is 14.0. The molecule has 1 amide bonds. The molecule has 0 aliphatic carbocycles. The Morgan fingerprint density at radius 1 is 1.25 bits per heavy atom. The molecule has 0 N–H and O–H groups in total. The standard InChI is InChI=1S/C20H19N3O4S/c1-3-11-22-19(24)18(28-20(22)21-15-7-5-4-6-8-15)13-14-9-10-17(27-2)16(12-14)23(25)26/h4-10,12-13H,3,11H2,1-2H3/b18-13+,21-20?. The maximum absolute atomic E-state index is 12.8. The minimum atomic E-state index is -0.504. The number of rotatable bonds is 6. The third-order valence-corrected chi connectivity index (χ3v) is 5.02. The average molecular weight is 397 g/mol. The first-order chi connectivity index (χ1) is 13.5. The molecule has 0 aromatic heterocycles. The number of carbonyl (C=O) groups is 1. The molecule has 2 aromatic rings. The van der Waals surface area contributed by atoms with Gasteiger partial charge in [0.05, 0.1) is 22.6 Å². The number of amides is 1. The minimum Gasteiger partial charge on any atom is -0.490 e. The van der Waals surface area contributed by atoms with Crippen LogP contribution in [-0.4, -0.2) is 34.6 Å². The fourth-order valence-corrected chi connectivity index (χ4v) is 3.74. The maximum Gasteiger partial charge on any atom is 0.311 e. The van der Waals surface area contributed by atoms with Crippen LogP contribution in [0.15, 0.2) is 58.4 Å². The topological polar surface area (TPSA) is 85.0 Å². The monoisotopic (exact) mass is 397 g/mol. The zero-order valence-electron chi connectivity index (χ0n) is 15.5. The van der Waals surface area contributed by atoms with Crippen LogP contribution in [0.1, 0.15) is 18.9 Å². The van der Waals surface area contributed by atoms with Crippen molar-refractivity contribution in [1.29, 1.82) is 0 Å². The van der Waals surface area contributed by atoms with Crippen molar-refractivity contribution in [3.8, 4) is 5.75 Å². The van der Waals surface area contributed by atoms with Gasteiger partial charge in [0.25, 0.3) is 5.91 Å². The van der Waals surface area contributed by atoms with Gasteiger partial charge in [0, 0.05) is 12.6 Å². The van der Waals surface area contributed by atoms with Crippen LogP contribution in [0, 0.1) is 10.1 Å². The van der Waals surface area contributed by atoms with Gasteiger partial charge in [-0.3, -0.25) is 19.8 Å². The number of ether oxygens (including phenoxy) is 1. The second kappa shape index (κ2) is 8.71. The number of hydrogen-bond donors (Lipinski definition) is 0. The van der Waals surface area contributed by atoms with Gasteiger partial charge in [-0.05, 0) is 48.0 Å². The highest BCUT2D eigenvalue weighted by atomic mass is 32.2. The summed E-state index contributed by atoms with van der Waals surface area (Å²) in [5.74, 6) is 0.0245. The second-order valence-electron chi connectivity index (χ2n) is 5.99. The summed E-state index contributed by atoms with van der Waals surface area (Å²) in [4.78, 5) is 30.3. The van der Waals surface area contributed by atoms with E-state index in [0.717, 1.165) is 12.1 Å². The van der Waals surface area contributed by atoms with Gasteiger partial charge in [-0.15, -0.1) is 0 Å². The number of aliphatic imine (C=N–C) groups is 1. The molecule has 2 aromatic carbocycles. The summed E-state index contributed by atoms with van der Waals surface area (Å²) in [5.41, 5.74) is 1.18. The highest BCUT2D eigenvalue weighted by Crippen LogP contribution is 2.35. The predicted octanol–water partition coefficient (Wildman–Crippen LogP) is 4.62. The van der Waals surface area contributed by atoms with Gasteiger partial charge in [0.2, 0.25) is 0 Å². The number of nitro groups is 1. The van der Waals surface area contributed by atoms with Gasteiger partial charge in [-0.25, -0.2) is 4.99 Å². The van der Waals surface area contributed by atoms with Crippen molar-refractivity contribution in [2.45, 2.75) is 13.3 Å². The van der Waals surface area contributed by atoms with E-state index in [0.29, 0.717) is 22.2 Å². The van der Waals surface area contributed by atoms with Crippen molar-refractivity contribution in [1.82, 2.24) is 4.90 Å². The molecule has 1 heterocycles. The highest BCUT2D eigenvalue weighted by molar-refractivity contribution is 8.18. The van der Waals surface area contributed by atoms with Crippen LogP contribution in [-0.2, 0) is 4.79 Å². The van der Waals surface area contributed by atoms with Crippen molar-refractivity contribution in [2.75, 3.05) is 13.7 Å². The molecule has 7 nitrogen and oxygen atoms in total. The second-order valence-corrected chi connectivity index (χ2v) is 6.99. The minimum absolute atomic E-state index is 0.143. The molecule has 0 atom stereocenters. The van der Waals surface area contributed by atoms with E-state index >= 15 is 0 Å². The zero-order valence-corrected chi connectivity index (χ0v) is 16.3. The summed E-state index contributed by atoms with van der Waals surface area (Å²) in [6.07, 6.45) is 2.44. The van der Waals surface area contributed by atoms with Gasteiger partial charge in [-0.1, -0.05) is 31.2 Å². The van der Waals surface area contributed by atoms with Crippen LogP contribution >= 0.6 is 11.8 Å². The molecule has 0 spiro atoms. The number of nitrogens with zero attached hydrogens (tertiary/aromatic N) is 3. The largest absolute Gasteiger partial charge is 0.490 e. The van der Waals surface area contributed by atoms with Crippen LogP contribution in [0.5, 0.6) is 5.75 Å². The number of para-hydroxylation sites is 1. The van der Waals surface area contributed by atoms with E-state index in [1.807, 2.05) is 37.3 Å². The van der Waals surface area contributed by atoms with E-state index in [2.05, 4.69) is 4.99 Å². The van der Waals surface area contributed by atoms with Gasteiger partial charge in [0.1, 0.15) is 0 Å². The first-order valence-corrected chi connectivity index (χ1v) is 9.52. The summed E-state index contributed by atoms with van der Waals surface area (Å²) in [6.45, 7) is 2.55. The third-order valence-electron chi connectivity index (χ3n) is 4.01. The Labute approximate surface area is 166 Å². The fourth-order valence-electron chi connectivity index (χ4n) is 2.72. The molecule has 1 aliphatic heterocycles.